The lowest BCUT2D eigenvalue weighted by atomic mass is 10.1. The molecule has 152 valence electrons. The SMILES string of the molecule is CC(C)(C)OC(=O)Nc1nccc(-c2ccc(OC3CCOCC3)c(C#N)c2)n1. The number of nitrogens with one attached hydrogen (secondary N) is 1. The van der Waals surface area contributed by atoms with Gasteiger partial charge in [0.05, 0.1) is 24.5 Å². The Balaban J connectivity index is 1.76. The van der Waals surface area contributed by atoms with E-state index in [-0.39, 0.29) is 12.1 Å². The first kappa shape index (κ1) is 20.6. The second-order valence-electron chi connectivity index (χ2n) is 7.64. The van der Waals surface area contributed by atoms with E-state index in [0.29, 0.717) is 30.2 Å². The van der Waals surface area contributed by atoms with Gasteiger partial charge in [-0.25, -0.2) is 14.8 Å². The predicted molar refractivity (Wildman–Crippen MR) is 107 cm³/mol. The number of carbonyl (C=O) groups excluding carboxylic acids is 1. The van der Waals surface area contributed by atoms with Crippen molar-refractivity contribution in [3.05, 3.63) is 36.0 Å². The van der Waals surface area contributed by atoms with Crippen molar-refractivity contribution in [2.24, 2.45) is 0 Å². The fraction of sp³-hybridized carbons (Fsp3) is 0.429. The quantitative estimate of drug-likeness (QED) is 0.835. The summed E-state index contributed by atoms with van der Waals surface area (Å²) in [5.41, 5.74) is 1.09. The Kier molecular flexibility index (Phi) is 6.29. The van der Waals surface area contributed by atoms with Crippen molar-refractivity contribution < 1.29 is 19.0 Å². The summed E-state index contributed by atoms with van der Waals surface area (Å²) >= 11 is 0. The van der Waals surface area contributed by atoms with Crippen LogP contribution in [0.2, 0.25) is 0 Å². The highest BCUT2D eigenvalue weighted by Crippen LogP contribution is 2.27. The molecule has 0 saturated carbocycles. The van der Waals surface area contributed by atoms with Crippen LogP contribution in [-0.4, -0.2) is 41.0 Å². The third-order valence-electron chi connectivity index (χ3n) is 4.13. The van der Waals surface area contributed by atoms with Crippen LogP contribution < -0.4 is 10.1 Å². The first-order valence-electron chi connectivity index (χ1n) is 9.46. The Morgan fingerprint density at radius 1 is 1.28 bits per heavy atom. The number of hydrogen-bond donors (Lipinski definition) is 1. The molecule has 1 aliphatic rings. The summed E-state index contributed by atoms with van der Waals surface area (Å²) in [6.45, 7) is 6.66. The number of carbonyl (C=O) groups is 1. The molecule has 3 rings (SSSR count). The zero-order chi connectivity index (χ0) is 20.9. The lowest BCUT2D eigenvalue weighted by Gasteiger charge is -2.23. The van der Waals surface area contributed by atoms with Crippen molar-refractivity contribution in [3.63, 3.8) is 0 Å². The first-order chi connectivity index (χ1) is 13.8. The maximum atomic E-state index is 11.9. The van der Waals surface area contributed by atoms with E-state index in [9.17, 15) is 10.1 Å². The molecule has 2 heterocycles. The molecule has 1 amide bonds. The van der Waals surface area contributed by atoms with Crippen LogP contribution in [0.4, 0.5) is 10.7 Å². The van der Waals surface area contributed by atoms with Crippen molar-refractivity contribution in [2.45, 2.75) is 45.3 Å². The number of aromatic nitrogens is 2. The standard InChI is InChI=1S/C21H24N4O4/c1-21(2,3)29-20(26)25-19-23-9-6-17(24-19)14-4-5-18(15(12-14)13-22)28-16-7-10-27-11-8-16/h4-6,9,12,16H,7-8,10-11H2,1-3H3,(H,23,24,25,26). The molecule has 1 aliphatic heterocycles. The highest BCUT2D eigenvalue weighted by Gasteiger charge is 2.19. The van der Waals surface area contributed by atoms with Gasteiger partial charge >= 0.3 is 6.09 Å². The van der Waals surface area contributed by atoms with Gasteiger partial charge in [0.25, 0.3) is 0 Å². The Morgan fingerprint density at radius 3 is 2.72 bits per heavy atom. The fourth-order valence-electron chi connectivity index (χ4n) is 2.83. The molecule has 8 nitrogen and oxygen atoms in total. The number of ether oxygens (including phenoxy) is 3. The number of nitrogens with zero attached hydrogens (tertiary/aromatic N) is 3. The van der Waals surface area contributed by atoms with E-state index in [1.165, 1.54) is 6.20 Å². The van der Waals surface area contributed by atoms with E-state index in [4.69, 9.17) is 14.2 Å². The molecule has 1 aromatic heterocycles. The van der Waals surface area contributed by atoms with Gasteiger partial charge in [-0.2, -0.15) is 5.26 Å². The zero-order valence-electron chi connectivity index (χ0n) is 16.8. The van der Waals surface area contributed by atoms with Gasteiger partial charge in [-0.05, 0) is 45.0 Å². The van der Waals surface area contributed by atoms with Crippen LogP contribution in [0.3, 0.4) is 0 Å². The van der Waals surface area contributed by atoms with Gasteiger partial charge in [0.15, 0.2) is 0 Å². The molecule has 0 spiro atoms. The Hall–Kier alpha value is -3.18. The lowest BCUT2D eigenvalue weighted by molar-refractivity contribution is 0.0254. The number of amides is 1. The normalized spacial score (nSPS) is 14.7. The lowest BCUT2D eigenvalue weighted by Crippen LogP contribution is -2.27. The number of nitriles is 1. The molecule has 0 aliphatic carbocycles. The molecule has 1 aromatic carbocycles. The largest absolute Gasteiger partial charge is 0.489 e. The number of anilines is 1. The fourth-order valence-corrected chi connectivity index (χ4v) is 2.83. The summed E-state index contributed by atoms with van der Waals surface area (Å²) in [5.74, 6) is 0.669. The minimum absolute atomic E-state index is 0.0466. The summed E-state index contributed by atoms with van der Waals surface area (Å²) in [6.07, 6.45) is 2.56. The van der Waals surface area contributed by atoms with Gasteiger partial charge < -0.3 is 14.2 Å². The predicted octanol–water partition coefficient (Wildman–Crippen LogP) is 3.92. The van der Waals surface area contributed by atoms with Gasteiger partial charge in [-0.15, -0.1) is 0 Å². The highest BCUT2D eigenvalue weighted by molar-refractivity contribution is 5.83. The van der Waals surface area contributed by atoms with Crippen LogP contribution in [0, 0.1) is 11.3 Å². The van der Waals surface area contributed by atoms with Crippen molar-refractivity contribution in [1.29, 1.82) is 5.26 Å². The van der Waals surface area contributed by atoms with E-state index in [2.05, 4.69) is 21.4 Å². The smallest absolute Gasteiger partial charge is 0.414 e. The Labute approximate surface area is 169 Å². The molecular weight excluding hydrogens is 372 g/mol. The van der Waals surface area contributed by atoms with Crippen LogP contribution >= 0.6 is 0 Å². The van der Waals surface area contributed by atoms with E-state index < -0.39 is 11.7 Å². The van der Waals surface area contributed by atoms with Crippen LogP contribution in [0.25, 0.3) is 11.3 Å². The second kappa shape index (κ2) is 8.88. The number of benzene rings is 1. The van der Waals surface area contributed by atoms with Crippen LogP contribution in [0.1, 0.15) is 39.2 Å². The van der Waals surface area contributed by atoms with Gasteiger partial charge in [0.1, 0.15) is 23.5 Å². The number of hydrogen-bond acceptors (Lipinski definition) is 7. The monoisotopic (exact) mass is 396 g/mol. The molecule has 0 bridgehead atoms. The van der Waals surface area contributed by atoms with Gasteiger partial charge in [0.2, 0.25) is 5.95 Å². The van der Waals surface area contributed by atoms with Crippen molar-refractivity contribution in [3.8, 4) is 23.1 Å². The summed E-state index contributed by atoms with van der Waals surface area (Å²) in [5, 5.41) is 12.1. The minimum atomic E-state index is -0.632. The van der Waals surface area contributed by atoms with Gasteiger partial charge in [-0.3, -0.25) is 5.32 Å². The maximum absolute atomic E-state index is 11.9. The van der Waals surface area contributed by atoms with Gasteiger partial charge in [-0.1, -0.05) is 0 Å². The summed E-state index contributed by atoms with van der Waals surface area (Å²) < 4.78 is 16.5. The maximum Gasteiger partial charge on any atom is 0.414 e. The Morgan fingerprint density at radius 2 is 2.03 bits per heavy atom. The topological polar surface area (TPSA) is 106 Å². The zero-order valence-corrected chi connectivity index (χ0v) is 16.8. The molecule has 1 saturated heterocycles. The molecule has 0 radical (unpaired) electrons. The third-order valence-corrected chi connectivity index (χ3v) is 4.13. The van der Waals surface area contributed by atoms with Crippen LogP contribution in [0.15, 0.2) is 30.5 Å². The van der Waals surface area contributed by atoms with E-state index >= 15 is 0 Å². The molecule has 1 fully saturated rings. The average molecular weight is 396 g/mol. The Bertz CT molecular complexity index is 912. The van der Waals surface area contributed by atoms with Crippen molar-refractivity contribution in [1.82, 2.24) is 9.97 Å². The van der Waals surface area contributed by atoms with E-state index in [0.717, 1.165) is 18.4 Å². The minimum Gasteiger partial charge on any atom is -0.489 e. The third kappa shape index (κ3) is 5.90. The van der Waals surface area contributed by atoms with E-state index in [1.807, 2.05) is 6.07 Å². The second-order valence-corrected chi connectivity index (χ2v) is 7.64. The molecule has 8 heteroatoms. The average Bonchev–Trinajstić information content (AvgIpc) is 2.68. The van der Waals surface area contributed by atoms with E-state index in [1.54, 1.807) is 39.0 Å². The first-order valence-corrected chi connectivity index (χ1v) is 9.46. The molecule has 0 unspecified atom stereocenters. The highest BCUT2D eigenvalue weighted by atomic mass is 16.6. The molecule has 0 atom stereocenters. The van der Waals surface area contributed by atoms with Crippen molar-refractivity contribution >= 4 is 12.0 Å². The number of rotatable bonds is 4. The summed E-state index contributed by atoms with van der Waals surface area (Å²) in [4.78, 5) is 20.3. The molecule has 2 aromatic rings. The van der Waals surface area contributed by atoms with Gasteiger partial charge in [0, 0.05) is 24.6 Å². The summed E-state index contributed by atoms with van der Waals surface area (Å²) in [6, 6.07) is 9.20. The van der Waals surface area contributed by atoms with Crippen molar-refractivity contribution in [2.75, 3.05) is 18.5 Å². The molecule has 29 heavy (non-hydrogen) atoms. The summed E-state index contributed by atoms with van der Waals surface area (Å²) in [7, 11) is 0. The van der Waals surface area contributed by atoms with Crippen LogP contribution in [0.5, 0.6) is 5.75 Å². The van der Waals surface area contributed by atoms with Crippen LogP contribution in [-0.2, 0) is 9.47 Å². The molecule has 1 N–H and O–H groups in total. The molecular formula is C21H24N4O4.